The average Bonchev–Trinajstić information content (AvgIpc) is 2.69. The summed E-state index contributed by atoms with van der Waals surface area (Å²) in [5.74, 6) is -2.84. The highest BCUT2D eigenvalue weighted by Gasteiger charge is 2.28. The van der Waals surface area contributed by atoms with Crippen molar-refractivity contribution in [2.45, 2.75) is 72.6 Å². The molecule has 0 aliphatic heterocycles. The van der Waals surface area contributed by atoms with E-state index >= 15 is 0 Å². The van der Waals surface area contributed by atoms with E-state index in [0.717, 1.165) is 47.2 Å². The van der Waals surface area contributed by atoms with Crippen molar-refractivity contribution in [3.63, 3.8) is 0 Å². The molecule has 176 valence electrons. The predicted molar refractivity (Wildman–Crippen MR) is 133 cm³/mol. The number of amides is 1. The van der Waals surface area contributed by atoms with Gasteiger partial charge < -0.3 is 9.64 Å². The van der Waals surface area contributed by atoms with Crippen molar-refractivity contribution in [2.24, 2.45) is 5.92 Å². The van der Waals surface area contributed by atoms with E-state index in [4.69, 9.17) is 4.74 Å². The van der Waals surface area contributed by atoms with Gasteiger partial charge in [0.25, 0.3) is 0 Å². The Hall–Kier alpha value is -2.00. The molecular formula is C26H36F2NO2P. The summed E-state index contributed by atoms with van der Waals surface area (Å²) in [7, 11) is 1.43. The van der Waals surface area contributed by atoms with Gasteiger partial charge >= 0.3 is 5.85 Å². The summed E-state index contributed by atoms with van der Waals surface area (Å²) in [6.07, 6.45) is 2.55. The Morgan fingerprint density at radius 3 is 2.28 bits per heavy atom. The van der Waals surface area contributed by atoms with Gasteiger partial charge in [-0.25, -0.2) is 0 Å². The van der Waals surface area contributed by atoms with E-state index in [1.165, 1.54) is 9.24 Å². The van der Waals surface area contributed by atoms with Crippen LogP contribution in [0.5, 0.6) is 5.75 Å². The van der Waals surface area contributed by atoms with Gasteiger partial charge in [-0.3, -0.25) is 4.79 Å². The highest BCUT2D eigenvalue weighted by Crippen LogP contribution is 2.43. The van der Waals surface area contributed by atoms with E-state index in [2.05, 4.69) is 40.7 Å². The molecule has 0 aliphatic rings. The Morgan fingerprint density at radius 1 is 1.12 bits per heavy atom. The number of hydrogen-bond acceptors (Lipinski definition) is 2. The lowest BCUT2D eigenvalue weighted by molar-refractivity contribution is -0.107. The fourth-order valence-corrected chi connectivity index (χ4v) is 4.01. The van der Waals surface area contributed by atoms with Crippen molar-refractivity contribution in [1.82, 2.24) is 0 Å². The highest BCUT2D eigenvalue weighted by molar-refractivity contribution is 7.17. The van der Waals surface area contributed by atoms with E-state index in [-0.39, 0.29) is 11.2 Å². The molecular weight excluding hydrogens is 427 g/mol. The largest absolute Gasteiger partial charge is 0.429 e. The molecule has 0 heterocycles. The van der Waals surface area contributed by atoms with E-state index in [1.54, 1.807) is 11.0 Å². The number of nitrogens with zero attached hydrogens (tertiary/aromatic N) is 1. The van der Waals surface area contributed by atoms with E-state index in [0.29, 0.717) is 18.0 Å². The zero-order valence-corrected chi connectivity index (χ0v) is 21.4. The number of aryl methyl sites for hydroxylation is 1. The molecule has 2 aromatic rings. The number of rotatable bonds is 10. The van der Waals surface area contributed by atoms with Crippen LogP contribution in [0.25, 0.3) is 11.1 Å². The molecule has 0 aliphatic carbocycles. The number of alkyl halides is 2. The third-order valence-corrected chi connectivity index (χ3v) is 6.08. The number of anilines is 1. The first-order valence-corrected chi connectivity index (χ1v) is 11.8. The van der Waals surface area contributed by atoms with E-state index in [1.807, 2.05) is 32.0 Å². The fourth-order valence-electron chi connectivity index (χ4n) is 3.88. The average molecular weight is 464 g/mol. The van der Waals surface area contributed by atoms with Crippen LogP contribution in [0.2, 0.25) is 0 Å². The van der Waals surface area contributed by atoms with Crippen LogP contribution in [0.4, 0.5) is 14.5 Å². The van der Waals surface area contributed by atoms with Gasteiger partial charge in [0, 0.05) is 17.8 Å². The van der Waals surface area contributed by atoms with Crippen molar-refractivity contribution < 1.29 is 18.3 Å². The van der Waals surface area contributed by atoms with Crippen molar-refractivity contribution >= 4 is 21.3 Å². The fraction of sp³-hybridized carbons (Fsp3) is 0.500. The first-order valence-electron chi connectivity index (χ1n) is 11.2. The quantitative estimate of drug-likeness (QED) is 0.273. The second kappa shape index (κ2) is 10.3. The monoisotopic (exact) mass is 463 g/mol. The number of benzene rings is 2. The van der Waals surface area contributed by atoms with Gasteiger partial charge in [0.15, 0.2) is 0 Å². The molecule has 3 nitrogen and oxygen atoms in total. The van der Waals surface area contributed by atoms with E-state index in [9.17, 15) is 13.6 Å². The lowest BCUT2D eigenvalue weighted by Crippen LogP contribution is -2.26. The topological polar surface area (TPSA) is 29.5 Å². The van der Waals surface area contributed by atoms with Gasteiger partial charge in [-0.15, -0.1) is 0 Å². The van der Waals surface area contributed by atoms with Gasteiger partial charge in [-0.05, 0) is 87.7 Å². The molecule has 1 unspecified atom stereocenters. The lowest BCUT2D eigenvalue weighted by Gasteiger charge is -2.31. The van der Waals surface area contributed by atoms with Crippen LogP contribution >= 0.6 is 9.24 Å². The van der Waals surface area contributed by atoms with Gasteiger partial charge in [-0.2, -0.15) is 8.78 Å². The Kier molecular flexibility index (Phi) is 8.44. The Balaban J connectivity index is 2.82. The maximum atomic E-state index is 13.8. The molecule has 0 N–H and O–H groups in total. The van der Waals surface area contributed by atoms with Crippen LogP contribution in [-0.2, 0) is 16.6 Å². The van der Waals surface area contributed by atoms with Gasteiger partial charge in [0.05, 0.1) is 0 Å². The van der Waals surface area contributed by atoms with Crippen molar-refractivity contribution in [1.29, 1.82) is 0 Å². The molecule has 0 fully saturated rings. The normalized spacial score (nSPS) is 12.2. The molecule has 32 heavy (non-hydrogen) atoms. The van der Waals surface area contributed by atoms with Crippen molar-refractivity contribution in [3.8, 4) is 16.9 Å². The van der Waals surface area contributed by atoms with Crippen LogP contribution in [0.1, 0.15) is 64.7 Å². The molecule has 2 rings (SSSR count). The summed E-state index contributed by atoms with van der Waals surface area (Å²) < 4.78 is 32.6. The summed E-state index contributed by atoms with van der Waals surface area (Å²) in [5, 5.41) is 0. The lowest BCUT2D eigenvalue weighted by atomic mass is 9.79. The van der Waals surface area contributed by atoms with Crippen LogP contribution in [0.15, 0.2) is 30.3 Å². The van der Waals surface area contributed by atoms with Crippen LogP contribution < -0.4 is 9.64 Å². The number of hydrogen-bond donors (Lipinski definition) is 0. The number of carbonyl (C=O) groups is 1. The van der Waals surface area contributed by atoms with Gasteiger partial charge in [0.2, 0.25) is 6.41 Å². The van der Waals surface area contributed by atoms with Crippen LogP contribution in [0.3, 0.4) is 0 Å². The third kappa shape index (κ3) is 6.28. The maximum Gasteiger partial charge on any atom is 0.408 e. The molecule has 6 heteroatoms. The Bertz CT molecular complexity index is 952. The Labute approximate surface area is 193 Å². The second-order valence-corrected chi connectivity index (χ2v) is 10.1. The first-order chi connectivity index (χ1) is 14.8. The van der Waals surface area contributed by atoms with Crippen LogP contribution in [0, 0.1) is 12.8 Å². The molecule has 0 aromatic heterocycles. The standard InChI is InChI=1S/C26H36F2NO2P/c1-8-25(6,7)22-13-18(5)20(15-23(22)29(9-2)16-30)21-14-19(12-17(3)4)10-11-24(21)31-26(27,28)32/h10-11,13-17H,8-9,12,32H2,1-7H3. The molecule has 0 radical (unpaired) electrons. The minimum Gasteiger partial charge on any atom is -0.429 e. The minimum absolute atomic E-state index is 0.114. The van der Waals surface area contributed by atoms with Crippen molar-refractivity contribution in [3.05, 3.63) is 47.0 Å². The molecule has 1 atom stereocenters. The predicted octanol–water partition coefficient (Wildman–Crippen LogP) is 7.34. The SMILES string of the molecule is CCN(C=O)c1cc(-c2cc(CC(C)C)ccc2OC(F)(F)P)c(C)cc1C(C)(C)CC. The first kappa shape index (κ1) is 26.3. The highest BCUT2D eigenvalue weighted by atomic mass is 31.0. The van der Waals surface area contributed by atoms with Crippen LogP contribution in [-0.4, -0.2) is 18.8 Å². The van der Waals surface area contributed by atoms with Gasteiger partial charge in [0.1, 0.15) is 5.75 Å². The molecule has 0 spiro atoms. The zero-order chi connectivity index (χ0) is 24.3. The second-order valence-electron chi connectivity index (χ2n) is 9.41. The number of halogens is 2. The maximum absolute atomic E-state index is 13.8. The smallest absolute Gasteiger partial charge is 0.408 e. The molecule has 0 saturated carbocycles. The molecule has 0 bridgehead atoms. The summed E-state index contributed by atoms with van der Waals surface area (Å²) >= 11 is 0. The number of carbonyl (C=O) groups excluding carboxylic acids is 1. The summed E-state index contributed by atoms with van der Waals surface area (Å²) in [6, 6.07) is 9.41. The molecule has 0 saturated heterocycles. The zero-order valence-electron chi connectivity index (χ0n) is 20.3. The third-order valence-electron chi connectivity index (χ3n) is 5.96. The molecule has 1 amide bonds. The summed E-state index contributed by atoms with van der Waals surface area (Å²) in [4.78, 5) is 13.5. The summed E-state index contributed by atoms with van der Waals surface area (Å²) in [6.45, 7) is 15.1. The van der Waals surface area contributed by atoms with E-state index < -0.39 is 5.85 Å². The Morgan fingerprint density at radius 2 is 1.78 bits per heavy atom. The van der Waals surface area contributed by atoms with Crippen molar-refractivity contribution in [2.75, 3.05) is 11.4 Å². The summed E-state index contributed by atoms with van der Waals surface area (Å²) in [5.41, 5.74) is 5.10. The number of ether oxygens (including phenoxy) is 1. The molecule has 2 aromatic carbocycles. The van der Waals surface area contributed by atoms with Gasteiger partial charge in [-0.1, -0.05) is 46.8 Å². The minimum atomic E-state index is -3.38.